The van der Waals surface area contributed by atoms with Gasteiger partial charge in [-0.25, -0.2) is 0 Å². The first kappa shape index (κ1) is 11.4. The lowest BCUT2D eigenvalue weighted by Gasteiger charge is -2.08. The molecule has 5 nitrogen and oxygen atoms in total. The van der Waals surface area contributed by atoms with E-state index in [0.717, 1.165) is 6.42 Å². The van der Waals surface area contributed by atoms with Gasteiger partial charge in [0.25, 0.3) is 5.91 Å². The lowest BCUT2D eigenvalue weighted by Crippen LogP contribution is -2.32. The summed E-state index contributed by atoms with van der Waals surface area (Å²) in [5.41, 5.74) is 0.261. The smallest absolute Gasteiger partial charge is 0.273 e. The summed E-state index contributed by atoms with van der Waals surface area (Å²) in [6, 6.07) is 5.18. The number of aromatic nitrogens is 1. The number of rotatable bonds is 4. The lowest BCUT2D eigenvalue weighted by molar-refractivity contribution is 0.0930. The largest absolute Gasteiger partial charge is 0.461 e. The van der Waals surface area contributed by atoms with Crippen LogP contribution in [0.15, 0.2) is 33.4 Å². The van der Waals surface area contributed by atoms with Gasteiger partial charge in [-0.15, -0.1) is 0 Å². The van der Waals surface area contributed by atoms with Crippen LogP contribution in [0, 0.1) is 0 Å². The molecule has 17 heavy (non-hydrogen) atoms. The number of amides is 1. The molecule has 0 aromatic carbocycles. The Kier molecular flexibility index (Phi) is 3.27. The zero-order valence-electron chi connectivity index (χ0n) is 9.77. The van der Waals surface area contributed by atoms with Crippen LogP contribution in [0.25, 0.3) is 11.5 Å². The Morgan fingerprint density at radius 1 is 1.53 bits per heavy atom. The van der Waals surface area contributed by atoms with Crippen molar-refractivity contribution in [1.29, 1.82) is 0 Å². The van der Waals surface area contributed by atoms with E-state index in [-0.39, 0.29) is 17.6 Å². The van der Waals surface area contributed by atoms with Gasteiger partial charge in [0.1, 0.15) is 0 Å². The minimum absolute atomic E-state index is 0.117. The highest BCUT2D eigenvalue weighted by molar-refractivity contribution is 5.93. The molecule has 0 saturated heterocycles. The number of carbonyl (C=O) groups excluding carboxylic acids is 1. The van der Waals surface area contributed by atoms with Crippen molar-refractivity contribution in [3.8, 4) is 11.5 Å². The molecular formula is C12H14N2O3. The van der Waals surface area contributed by atoms with Gasteiger partial charge in [0.2, 0.25) is 5.76 Å². The van der Waals surface area contributed by atoms with Crippen molar-refractivity contribution in [1.82, 2.24) is 10.5 Å². The minimum atomic E-state index is -0.235. The van der Waals surface area contributed by atoms with E-state index in [4.69, 9.17) is 8.94 Å². The Hall–Kier alpha value is -2.04. The van der Waals surface area contributed by atoms with Crippen LogP contribution in [-0.4, -0.2) is 17.1 Å². The molecule has 1 N–H and O–H groups in total. The van der Waals surface area contributed by atoms with Gasteiger partial charge in [-0.05, 0) is 25.5 Å². The second-order valence-corrected chi connectivity index (χ2v) is 3.84. The number of carbonyl (C=O) groups is 1. The van der Waals surface area contributed by atoms with Crippen molar-refractivity contribution in [2.24, 2.45) is 0 Å². The number of nitrogens with one attached hydrogen (secondary N) is 1. The predicted octanol–water partition coefficient (Wildman–Crippen LogP) is 2.46. The summed E-state index contributed by atoms with van der Waals surface area (Å²) >= 11 is 0. The maximum atomic E-state index is 11.7. The van der Waals surface area contributed by atoms with E-state index in [1.54, 1.807) is 18.2 Å². The number of hydrogen-bond acceptors (Lipinski definition) is 4. The summed E-state index contributed by atoms with van der Waals surface area (Å²) in [6.07, 6.45) is 2.41. The van der Waals surface area contributed by atoms with Crippen LogP contribution in [0.5, 0.6) is 0 Å². The Bertz CT molecular complexity index is 488. The molecule has 0 aliphatic heterocycles. The van der Waals surface area contributed by atoms with Crippen molar-refractivity contribution in [3.05, 3.63) is 30.2 Å². The monoisotopic (exact) mass is 234 g/mol. The van der Waals surface area contributed by atoms with Gasteiger partial charge in [-0.1, -0.05) is 12.1 Å². The quantitative estimate of drug-likeness (QED) is 0.882. The van der Waals surface area contributed by atoms with E-state index < -0.39 is 0 Å². The molecule has 5 heteroatoms. The molecule has 0 saturated carbocycles. The first-order valence-electron chi connectivity index (χ1n) is 5.52. The normalized spacial score (nSPS) is 12.4. The zero-order chi connectivity index (χ0) is 12.3. The van der Waals surface area contributed by atoms with Gasteiger partial charge in [0.15, 0.2) is 11.5 Å². The third-order valence-corrected chi connectivity index (χ3v) is 2.50. The number of furan rings is 1. The molecule has 2 heterocycles. The van der Waals surface area contributed by atoms with Crippen LogP contribution < -0.4 is 5.32 Å². The van der Waals surface area contributed by atoms with Crippen LogP contribution in [0.2, 0.25) is 0 Å². The van der Waals surface area contributed by atoms with E-state index in [1.807, 2.05) is 13.8 Å². The van der Waals surface area contributed by atoms with Crippen LogP contribution in [0.1, 0.15) is 30.8 Å². The zero-order valence-corrected chi connectivity index (χ0v) is 9.77. The molecule has 2 aromatic rings. The standard InChI is InChI=1S/C12H14N2O3/c1-3-8(2)13-12(15)9-7-11(17-14-9)10-5-4-6-16-10/h4-8H,3H2,1-2H3,(H,13,15)/t8-/m1/s1. The van der Waals surface area contributed by atoms with Crippen LogP contribution in [0.4, 0.5) is 0 Å². The van der Waals surface area contributed by atoms with Crippen molar-refractivity contribution in [3.63, 3.8) is 0 Å². The molecular weight excluding hydrogens is 220 g/mol. The molecule has 0 spiro atoms. The molecule has 0 bridgehead atoms. The van der Waals surface area contributed by atoms with Gasteiger partial charge in [0, 0.05) is 12.1 Å². The molecule has 0 radical (unpaired) electrons. The summed E-state index contributed by atoms with van der Waals surface area (Å²) in [5.74, 6) is 0.769. The first-order valence-corrected chi connectivity index (χ1v) is 5.52. The van der Waals surface area contributed by atoms with Crippen molar-refractivity contribution in [2.75, 3.05) is 0 Å². The van der Waals surface area contributed by atoms with Gasteiger partial charge >= 0.3 is 0 Å². The van der Waals surface area contributed by atoms with Crippen molar-refractivity contribution >= 4 is 5.91 Å². The van der Waals surface area contributed by atoms with Crippen LogP contribution >= 0.6 is 0 Å². The first-order chi connectivity index (χ1) is 8.20. The highest BCUT2D eigenvalue weighted by Crippen LogP contribution is 2.20. The maximum Gasteiger partial charge on any atom is 0.273 e. The Morgan fingerprint density at radius 2 is 2.35 bits per heavy atom. The second kappa shape index (κ2) is 4.86. The third-order valence-electron chi connectivity index (χ3n) is 2.50. The average Bonchev–Trinajstić information content (AvgIpc) is 2.98. The summed E-state index contributed by atoms with van der Waals surface area (Å²) in [4.78, 5) is 11.7. The highest BCUT2D eigenvalue weighted by Gasteiger charge is 2.15. The van der Waals surface area contributed by atoms with Gasteiger partial charge in [0.05, 0.1) is 6.26 Å². The van der Waals surface area contributed by atoms with Crippen molar-refractivity contribution in [2.45, 2.75) is 26.3 Å². The molecule has 2 aromatic heterocycles. The topological polar surface area (TPSA) is 68.3 Å². The predicted molar refractivity (Wildman–Crippen MR) is 61.4 cm³/mol. The minimum Gasteiger partial charge on any atom is -0.461 e. The summed E-state index contributed by atoms with van der Waals surface area (Å²) < 4.78 is 10.2. The van der Waals surface area contributed by atoms with Gasteiger partial charge in [-0.3, -0.25) is 4.79 Å². The highest BCUT2D eigenvalue weighted by atomic mass is 16.5. The molecule has 2 rings (SSSR count). The molecule has 0 unspecified atom stereocenters. The fourth-order valence-corrected chi connectivity index (χ4v) is 1.32. The van der Waals surface area contributed by atoms with Crippen molar-refractivity contribution < 1.29 is 13.7 Å². The molecule has 1 amide bonds. The Labute approximate surface area is 98.8 Å². The fraction of sp³-hybridized carbons (Fsp3) is 0.333. The molecule has 90 valence electrons. The third kappa shape index (κ3) is 2.55. The second-order valence-electron chi connectivity index (χ2n) is 3.84. The summed E-state index contributed by atoms with van der Waals surface area (Å²) in [5, 5.41) is 6.52. The maximum absolute atomic E-state index is 11.7. The van der Waals surface area contributed by atoms with Gasteiger partial charge < -0.3 is 14.3 Å². The number of hydrogen-bond donors (Lipinski definition) is 1. The number of nitrogens with zero attached hydrogens (tertiary/aromatic N) is 1. The molecule has 0 aliphatic rings. The van der Waals surface area contributed by atoms with E-state index in [0.29, 0.717) is 11.5 Å². The summed E-state index contributed by atoms with van der Waals surface area (Å²) in [7, 11) is 0. The van der Waals surface area contributed by atoms with Gasteiger partial charge in [-0.2, -0.15) is 0 Å². The van der Waals surface area contributed by atoms with Crippen LogP contribution in [0.3, 0.4) is 0 Å². The SMILES string of the molecule is CC[C@@H](C)NC(=O)c1cc(-c2ccco2)on1. The Balaban J connectivity index is 2.11. The molecule has 0 fully saturated rings. The average molecular weight is 234 g/mol. The molecule has 0 aliphatic carbocycles. The summed E-state index contributed by atoms with van der Waals surface area (Å²) in [6.45, 7) is 3.94. The van der Waals surface area contributed by atoms with E-state index in [2.05, 4.69) is 10.5 Å². The van der Waals surface area contributed by atoms with Crippen LogP contribution in [-0.2, 0) is 0 Å². The molecule has 1 atom stereocenters. The Morgan fingerprint density at radius 3 is 3.00 bits per heavy atom. The lowest BCUT2D eigenvalue weighted by atomic mass is 10.2. The van der Waals surface area contributed by atoms with E-state index in [9.17, 15) is 4.79 Å². The van der Waals surface area contributed by atoms with E-state index in [1.165, 1.54) is 6.26 Å². The van der Waals surface area contributed by atoms with E-state index >= 15 is 0 Å². The fourth-order valence-electron chi connectivity index (χ4n) is 1.32.